The van der Waals surface area contributed by atoms with E-state index in [1.54, 1.807) is 24.3 Å². The second kappa shape index (κ2) is 12.1. The molecule has 208 valence electrons. The first-order chi connectivity index (χ1) is 20.4. The summed E-state index contributed by atoms with van der Waals surface area (Å²) in [6.45, 7) is 0. The summed E-state index contributed by atoms with van der Waals surface area (Å²) < 4.78 is 0.641. The molecule has 1 aliphatic rings. The van der Waals surface area contributed by atoms with Crippen molar-refractivity contribution < 1.29 is 14.7 Å². The minimum atomic E-state index is -0.982. The number of fused-ring (bicyclic) bond motifs is 1. The molecular weight excluding hydrogens is 609 g/mol. The molecule has 1 unspecified atom stereocenters. The lowest BCUT2D eigenvalue weighted by molar-refractivity contribution is -0.117. The number of nitrogens with zero attached hydrogens (tertiary/aromatic N) is 3. The third-order valence-corrected chi connectivity index (χ3v) is 9.64. The minimum Gasteiger partial charge on any atom is -0.503 e. The number of thioether (sulfide) groups is 1. The van der Waals surface area contributed by atoms with Gasteiger partial charge in [-0.3, -0.25) is 14.5 Å². The topological polar surface area (TPSA) is 83.4 Å². The van der Waals surface area contributed by atoms with E-state index in [2.05, 4.69) is 34.5 Å². The second-order valence-electron chi connectivity index (χ2n) is 9.40. The Balaban J connectivity index is 1.32. The van der Waals surface area contributed by atoms with Crippen molar-refractivity contribution in [2.75, 3.05) is 4.90 Å². The van der Waals surface area contributed by atoms with Crippen LogP contribution in [0.25, 0.3) is 16.8 Å². The number of hydrogen-bond donors (Lipinski definition) is 1. The maximum atomic E-state index is 13.5. The first-order valence-corrected chi connectivity index (χ1v) is 15.4. The summed E-state index contributed by atoms with van der Waals surface area (Å²) in [5.41, 5.74) is 2.37. The Labute approximate surface area is 259 Å². The molecule has 0 spiro atoms. The Morgan fingerprint density at radius 1 is 0.952 bits per heavy atom. The molecule has 10 heteroatoms. The molecule has 1 aromatic heterocycles. The number of ketones is 1. The highest BCUT2D eigenvalue weighted by atomic mass is 35.5. The second-order valence-corrected chi connectivity index (χ2v) is 12.4. The molecule has 1 aliphatic heterocycles. The largest absolute Gasteiger partial charge is 0.503 e. The van der Waals surface area contributed by atoms with E-state index in [0.717, 1.165) is 21.9 Å². The van der Waals surface area contributed by atoms with Crippen molar-refractivity contribution in [2.24, 2.45) is 0 Å². The lowest BCUT2D eigenvalue weighted by Crippen LogP contribution is -2.30. The van der Waals surface area contributed by atoms with E-state index in [9.17, 15) is 14.7 Å². The Bertz CT molecular complexity index is 1880. The smallest absolute Gasteiger partial charge is 0.296 e. The fraction of sp³-hybridized carbons (Fsp3) is 0.0625. The SMILES string of the molecule is O=C(/C=C/c1ccccc1)C1=C(O)C(=O)N(c2nnc(SCc3cccc4ccccc34)s2)C1c1ccc(Cl)c(Cl)c1. The molecule has 1 atom stereocenters. The monoisotopic (exact) mass is 629 g/mol. The van der Waals surface area contributed by atoms with E-state index < -0.39 is 23.5 Å². The van der Waals surface area contributed by atoms with Gasteiger partial charge in [-0.1, -0.05) is 131 Å². The number of carbonyl (C=O) groups excluding carboxylic acids is 2. The van der Waals surface area contributed by atoms with Crippen molar-refractivity contribution >= 4 is 80.0 Å². The zero-order chi connectivity index (χ0) is 29.2. The van der Waals surface area contributed by atoms with Crippen LogP contribution in [0.5, 0.6) is 0 Å². The predicted molar refractivity (Wildman–Crippen MR) is 170 cm³/mol. The highest BCUT2D eigenvalue weighted by Gasteiger charge is 2.45. The summed E-state index contributed by atoms with van der Waals surface area (Å²) in [6.07, 6.45) is 2.97. The lowest BCUT2D eigenvalue weighted by atomic mass is 9.96. The molecule has 42 heavy (non-hydrogen) atoms. The number of aliphatic hydroxyl groups is 1. The number of amides is 1. The zero-order valence-corrected chi connectivity index (χ0v) is 24.9. The van der Waals surface area contributed by atoms with Crippen LogP contribution in [0.15, 0.2) is 113 Å². The van der Waals surface area contributed by atoms with Gasteiger partial charge in [-0.25, -0.2) is 0 Å². The van der Waals surface area contributed by atoms with Crippen molar-refractivity contribution in [3.63, 3.8) is 0 Å². The van der Waals surface area contributed by atoms with Gasteiger partial charge in [0.2, 0.25) is 5.13 Å². The summed E-state index contributed by atoms with van der Waals surface area (Å²) in [5.74, 6) is -1.26. The van der Waals surface area contributed by atoms with Crippen molar-refractivity contribution in [3.8, 4) is 0 Å². The molecule has 0 saturated carbocycles. The Kier molecular flexibility index (Phi) is 8.13. The first kappa shape index (κ1) is 28.2. The quantitative estimate of drug-likeness (QED) is 0.105. The van der Waals surface area contributed by atoms with Crippen molar-refractivity contribution in [3.05, 3.63) is 135 Å². The number of carbonyl (C=O) groups is 2. The molecule has 0 fully saturated rings. The molecule has 0 radical (unpaired) electrons. The van der Waals surface area contributed by atoms with E-state index in [-0.39, 0.29) is 15.7 Å². The van der Waals surface area contributed by atoms with E-state index in [1.807, 2.05) is 48.5 Å². The lowest BCUT2D eigenvalue weighted by Gasteiger charge is -2.24. The Hall–Kier alpha value is -3.95. The van der Waals surface area contributed by atoms with Gasteiger partial charge in [0.05, 0.1) is 21.7 Å². The zero-order valence-electron chi connectivity index (χ0n) is 21.8. The van der Waals surface area contributed by atoms with Gasteiger partial charge in [0.1, 0.15) is 0 Å². The third kappa shape index (κ3) is 5.58. The van der Waals surface area contributed by atoms with Gasteiger partial charge in [-0.15, -0.1) is 10.2 Å². The minimum absolute atomic E-state index is 0.0780. The van der Waals surface area contributed by atoms with Crippen LogP contribution in [0.2, 0.25) is 10.0 Å². The average Bonchev–Trinajstić information content (AvgIpc) is 3.58. The number of hydrogen-bond acceptors (Lipinski definition) is 7. The van der Waals surface area contributed by atoms with Crippen molar-refractivity contribution in [2.45, 2.75) is 16.1 Å². The van der Waals surface area contributed by atoms with E-state index >= 15 is 0 Å². The number of benzene rings is 4. The van der Waals surface area contributed by atoms with E-state index in [4.69, 9.17) is 23.2 Å². The van der Waals surface area contributed by atoms with Gasteiger partial charge in [0.25, 0.3) is 5.91 Å². The van der Waals surface area contributed by atoms with Gasteiger partial charge < -0.3 is 5.11 Å². The van der Waals surface area contributed by atoms with Crippen LogP contribution in [0.4, 0.5) is 5.13 Å². The number of aliphatic hydroxyl groups excluding tert-OH is 1. The molecule has 1 amide bonds. The van der Waals surface area contributed by atoms with Crippen LogP contribution >= 0.6 is 46.3 Å². The van der Waals surface area contributed by atoms with Crippen LogP contribution in [0.1, 0.15) is 22.7 Å². The summed E-state index contributed by atoms with van der Waals surface area (Å²) in [6, 6.07) is 27.5. The Morgan fingerprint density at radius 3 is 2.52 bits per heavy atom. The van der Waals surface area contributed by atoms with Gasteiger partial charge in [-0.05, 0) is 45.7 Å². The molecule has 0 aliphatic carbocycles. The normalized spacial score (nSPS) is 15.3. The number of halogens is 2. The molecule has 5 aromatic rings. The first-order valence-electron chi connectivity index (χ1n) is 12.8. The molecular formula is C32H21Cl2N3O3S2. The van der Waals surface area contributed by atoms with Crippen LogP contribution in [0, 0.1) is 0 Å². The van der Waals surface area contributed by atoms with Crippen LogP contribution in [0.3, 0.4) is 0 Å². The highest BCUT2D eigenvalue weighted by Crippen LogP contribution is 2.44. The van der Waals surface area contributed by atoms with Crippen molar-refractivity contribution in [1.29, 1.82) is 0 Å². The molecule has 0 saturated heterocycles. The Morgan fingerprint density at radius 2 is 1.71 bits per heavy atom. The number of allylic oxidation sites excluding steroid dienone is 1. The van der Waals surface area contributed by atoms with Gasteiger partial charge in [-0.2, -0.15) is 0 Å². The van der Waals surface area contributed by atoms with Gasteiger partial charge in [0.15, 0.2) is 15.9 Å². The molecule has 0 bridgehead atoms. The fourth-order valence-electron chi connectivity index (χ4n) is 4.79. The third-order valence-electron chi connectivity index (χ3n) is 6.79. The van der Waals surface area contributed by atoms with E-state index in [1.165, 1.54) is 34.1 Å². The molecule has 4 aromatic carbocycles. The van der Waals surface area contributed by atoms with Gasteiger partial charge in [0, 0.05) is 5.75 Å². The predicted octanol–water partition coefficient (Wildman–Crippen LogP) is 8.47. The van der Waals surface area contributed by atoms with Crippen LogP contribution in [-0.2, 0) is 15.3 Å². The summed E-state index contributed by atoms with van der Waals surface area (Å²) >= 11 is 15.2. The number of rotatable bonds is 8. The summed E-state index contributed by atoms with van der Waals surface area (Å²) in [7, 11) is 0. The molecule has 6 nitrogen and oxygen atoms in total. The van der Waals surface area contributed by atoms with Crippen LogP contribution in [-0.4, -0.2) is 27.0 Å². The summed E-state index contributed by atoms with van der Waals surface area (Å²) in [5, 5.41) is 22.7. The maximum Gasteiger partial charge on any atom is 0.296 e. The summed E-state index contributed by atoms with van der Waals surface area (Å²) in [4.78, 5) is 28.2. The fourth-order valence-corrected chi connectivity index (χ4v) is 6.97. The van der Waals surface area contributed by atoms with Gasteiger partial charge >= 0.3 is 0 Å². The van der Waals surface area contributed by atoms with Crippen molar-refractivity contribution in [1.82, 2.24) is 10.2 Å². The standard InChI is InChI=1S/C32H21Cl2N3O3S2/c33-24-15-14-21(17-25(24)34)28-27(26(38)16-13-19-7-2-1-3-8-19)29(39)30(40)37(28)31-35-36-32(42-31)41-18-22-11-6-10-20-9-4-5-12-23(20)22/h1-17,28,39H,18H2/b16-13+. The molecule has 2 heterocycles. The van der Waals surface area contributed by atoms with Crippen LogP contribution < -0.4 is 4.90 Å². The molecule has 1 N–H and O–H groups in total. The molecule has 6 rings (SSSR count). The number of anilines is 1. The maximum absolute atomic E-state index is 13.5. The average molecular weight is 631 g/mol. The number of aromatic nitrogens is 2. The highest BCUT2D eigenvalue weighted by molar-refractivity contribution is 8.00. The van der Waals surface area contributed by atoms with E-state index in [0.29, 0.717) is 20.7 Å².